The van der Waals surface area contributed by atoms with Crippen molar-refractivity contribution >= 4 is 29.5 Å². The average Bonchev–Trinajstić information content (AvgIpc) is 2.34. The van der Waals surface area contributed by atoms with Gasteiger partial charge in [-0.05, 0) is 42.4 Å². The number of esters is 1. The second kappa shape index (κ2) is 7.41. The lowest BCUT2D eigenvalue weighted by Gasteiger charge is -2.02. The molecular weight excluding hydrogens is 248 g/mol. The van der Waals surface area contributed by atoms with Crippen LogP contribution in [0.25, 0.3) is 6.08 Å². The monoisotopic (exact) mass is 262 g/mol. The molecule has 0 heterocycles. The molecule has 0 aliphatic rings. The molecule has 1 aromatic carbocycles. The van der Waals surface area contributed by atoms with Crippen LogP contribution < -0.4 is 5.73 Å². The smallest absolute Gasteiger partial charge is 0.309 e. The molecule has 1 rings (SSSR count). The lowest BCUT2D eigenvalue weighted by Crippen LogP contribution is -2.01. The Labute approximate surface area is 110 Å². The molecule has 0 bridgehead atoms. The van der Waals surface area contributed by atoms with E-state index in [0.717, 1.165) is 22.2 Å². The Morgan fingerprint density at radius 2 is 2.39 bits per heavy atom. The van der Waals surface area contributed by atoms with Crippen molar-refractivity contribution in [2.45, 2.75) is 18.2 Å². The Kier molecular flexibility index (Phi) is 5.81. The number of hydrogen-bond acceptors (Lipinski definition) is 5. The number of ether oxygens (including phenoxy) is 1. The summed E-state index contributed by atoms with van der Waals surface area (Å²) in [5.41, 5.74) is 7.20. The summed E-state index contributed by atoms with van der Waals surface area (Å²) in [6, 6.07) is 5.33. The second-order valence-electron chi connectivity index (χ2n) is 3.40. The summed E-state index contributed by atoms with van der Waals surface area (Å²) in [7, 11) is 0. The van der Waals surface area contributed by atoms with Gasteiger partial charge in [-0.2, -0.15) is 5.26 Å². The van der Waals surface area contributed by atoms with Crippen molar-refractivity contribution in [1.29, 1.82) is 5.26 Å². The predicted octanol–water partition coefficient (Wildman–Crippen LogP) is 2.81. The van der Waals surface area contributed by atoms with Crippen LogP contribution in [-0.4, -0.2) is 12.6 Å². The maximum absolute atomic E-state index is 11.1. The van der Waals surface area contributed by atoms with Crippen LogP contribution in [0.5, 0.6) is 0 Å². The fraction of sp³-hybridized carbons (Fsp3) is 0.231. The molecule has 5 heteroatoms. The lowest BCUT2D eigenvalue weighted by atomic mass is 10.1. The van der Waals surface area contributed by atoms with E-state index in [0.29, 0.717) is 12.3 Å². The first kappa shape index (κ1) is 14.1. The number of rotatable bonds is 5. The van der Waals surface area contributed by atoms with Crippen LogP contribution >= 0.6 is 11.8 Å². The van der Waals surface area contributed by atoms with Gasteiger partial charge in [-0.15, -0.1) is 0 Å². The molecule has 0 amide bonds. The highest BCUT2D eigenvalue weighted by Gasteiger charge is 2.00. The number of hydrogen-bond donors (Lipinski definition) is 1. The van der Waals surface area contributed by atoms with Gasteiger partial charge in [0.15, 0.2) is 0 Å². The van der Waals surface area contributed by atoms with Gasteiger partial charge in [0.05, 0.1) is 13.0 Å². The molecule has 0 aliphatic heterocycles. The van der Waals surface area contributed by atoms with Crippen molar-refractivity contribution < 1.29 is 9.53 Å². The first-order valence-corrected chi connectivity index (χ1v) is 6.26. The van der Waals surface area contributed by atoms with Crippen molar-refractivity contribution in [3.8, 4) is 5.40 Å². The van der Waals surface area contributed by atoms with Crippen molar-refractivity contribution in [1.82, 2.24) is 0 Å². The minimum atomic E-state index is -0.269. The predicted molar refractivity (Wildman–Crippen MR) is 72.6 cm³/mol. The van der Waals surface area contributed by atoms with Crippen LogP contribution in [-0.2, 0) is 9.53 Å². The van der Waals surface area contributed by atoms with E-state index >= 15 is 0 Å². The van der Waals surface area contributed by atoms with E-state index in [9.17, 15) is 4.79 Å². The van der Waals surface area contributed by atoms with Crippen molar-refractivity contribution in [3.63, 3.8) is 0 Å². The van der Waals surface area contributed by atoms with E-state index in [1.807, 2.05) is 11.5 Å². The summed E-state index contributed by atoms with van der Waals surface area (Å²) in [4.78, 5) is 12.0. The van der Waals surface area contributed by atoms with Crippen LogP contribution in [0.1, 0.15) is 18.9 Å². The Hall–Kier alpha value is -1.93. The average molecular weight is 262 g/mol. The summed E-state index contributed by atoms with van der Waals surface area (Å²) in [5.74, 6) is -0.269. The first-order valence-electron chi connectivity index (χ1n) is 5.45. The highest BCUT2D eigenvalue weighted by Crippen LogP contribution is 2.23. The third-order valence-electron chi connectivity index (χ3n) is 2.11. The summed E-state index contributed by atoms with van der Waals surface area (Å²) < 4.78 is 4.80. The molecule has 4 nitrogen and oxygen atoms in total. The molecule has 0 saturated heterocycles. The van der Waals surface area contributed by atoms with Gasteiger partial charge < -0.3 is 10.5 Å². The molecule has 0 radical (unpaired) electrons. The van der Waals surface area contributed by atoms with Crippen LogP contribution in [0.2, 0.25) is 0 Å². The van der Waals surface area contributed by atoms with Crippen LogP contribution in [0.15, 0.2) is 29.2 Å². The zero-order chi connectivity index (χ0) is 13.4. The van der Waals surface area contributed by atoms with Crippen LogP contribution in [0.3, 0.4) is 0 Å². The molecule has 0 aromatic heterocycles. The number of carbonyl (C=O) groups is 1. The molecule has 1 aromatic rings. The largest absolute Gasteiger partial charge is 0.466 e. The number of nitriles is 1. The molecular formula is C13H14N2O2S. The highest BCUT2D eigenvalue weighted by atomic mass is 32.2. The van der Waals surface area contributed by atoms with Gasteiger partial charge in [0.2, 0.25) is 0 Å². The maximum atomic E-state index is 11.1. The Morgan fingerprint density at radius 3 is 3.06 bits per heavy atom. The van der Waals surface area contributed by atoms with Crippen molar-refractivity contribution in [2.75, 3.05) is 12.3 Å². The van der Waals surface area contributed by atoms with Crippen LogP contribution in [0, 0.1) is 10.7 Å². The van der Waals surface area contributed by atoms with Crippen LogP contribution in [0.4, 0.5) is 5.69 Å². The molecule has 0 atom stereocenters. The third-order valence-corrected chi connectivity index (χ3v) is 2.69. The van der Waals surface area contributed by atoms with E-state index in [-0.39, 0.29) is 12.4 Å². The molecule has 0 saturated carbocycles. The fourth-order valence-corrected chi connectivity index (χ4v) is 1.74. The lowest BCUT2D eigenvalue weighted by molar-refractivity contribution is -0.142. The number of carbonyl (C=O) groups excluding carboxylic acids is 1. The zero-order valence-electron chi connectivity index (χ0n) is 10.1. The molecule has 2 N–H and O–H groups in total. The summed E-state index contributed by atoms with van der Waals surface area (Å²) >= 11 is 1.07. The Morgan fingerprint density at radius 1 is 1.61 bits per heavy atom. The SMILES string of the molecule is CCOC(=O)CC=Cc1cc(SC#N)ccc1N. The Balaban J connectivity index is 2.71. The van der Waals surface area contributed by atoms with Crippen molar-refractivity contribution in [3.05, 3.63) is 29.8 Å². The number of thioether (sulfide) groups is 1. The number of anilines is 1. The zero-order valence-corrected chi connectivity index (χ0v) is 10.9. The van der Waals surface area contributed by atoms with Gasteiger partial charge in [0.1, 0.15) is 5.40 Å². The number of nitrogens with two attached hydrogens (primary N) is 1. The van der Waals surface area contributed by atoms with Gasteiger partial charge in [0.25, 0.3) is 0 Å². The molecule has 0 unspecified atom stereocenters. The summed E-state index contributed by atoms with van der Waals surface area (Å²) in [6.07, 6.45) is 3.67. The van der Waals surface area contributed by atoms with Gasteiger partial charge >= 0.3 is 5.97 Å². The Bertz CT molecular complexity index is 492. The van der Waals surface area contributed by atoms with E-state index in [2.05, 4.69) is 0 Å². The molecule has 0 spiro atoms. The highest BCUT2D eigenvalue weighted by molar-refractivity contribution is 8.03. The van der Waals surface area contributed by atoms with E-state index in [1.54, 1.807) is 31.2 Å². The van der Waals surface area contributed by atoms with Gasteiger partial charge in [-0.1, -0.05) is 12.2 Å². The number of nitrogen functional groups attached to an aromatic ring is 1. The maximum Gasteiger partial charge on any atom is 0.309 e. The quantitative estimate of drug-likeness (QED) is 0.382. The second-order valence-corrected chi connectivity index (χ2v) is 4.25. The van der Waals surface area contributed by atoms with E-state index < -0.39 is 0 Å². The third kappa shape index (κ3) is 4.52. The minimum absolute atomic E-state index is 0.211. The van der Waals surface area contributed by atoms with Gasteiger partial charge in [-0.25, -0.2) is 0 Å². The molecule has 94 valence electrons. The topological polar surface area (TPSA) is 76.1 Å². The van der Waals surface area contributed by atoms with E-state index in [1.165, 1.54) is 0 Å². The number of nitrogens with zero attached hydrogens (tertiary/aromatic N) is 1. The fourth-order valence-electron chi connectivity index (χ4n) is 1.32. The molecule has 0 aliphatic carbocycles. The normalized spacial score (nSPS) is 10.2. The number of benzene rings is 1. The van der Waals surface area contributed by atoms with Gasteiger partial charge in [0, 0.05) is 10.6 Å². The van der Waals surface area contributed by atoms with Gasteiger partial charge in [-0.3, -0.25) is 4.79 Å². The summed E-state index contributed by atoms with van der Waals surface area (Å²) in [6.45, 7) is 2.14. The minimum Gasteiger partial charge on any atom is -0.466 e. The van der Waals surface area contributed by atoms with E-state index in [4.69, 9.17) is 15.7 Å². The molecule has 0 fully saturated rings. The van der Waals surface area contributed by atoms with Crippen molar-refractivity contribution in [2.24, 2.45) is 0 Å². The molecule has 18 heavy (non-hydrogen) atoms. The number of thiocyanates is 1. The standard InChI is InChI=1S/C13H14N2O2S/c1-2-17-13(16)5-3-4-10-8-11(18-9-14)6-7-12(10)15/h3-4,6-8H,2,5,15H2,1H3. The summed E-state index contributed by atoms with van der Waals surface area (Å²) in [5, 5.41) is 10.6. The first-order chi connectivity index (χ1) is 8.67.